The molecule has 0 spiro atoms. The van der Waals surface area contributed by atoms with Crippen LogP contribution in [0.4, 0.5) is 0 Å². The monoisotopic (exact) mass is 240 g/mol. The first kappa shape index (κ1) is 12.8. The van der Waals surface area contributed by atoms with Crippen LogP contribution < -0.4 is 5.32 Å². The smallest absolute Gasteiger partial charge is 0.320 e. The van der Waals surface area contributed by atoms with Gasteiger partial charge in [-0.2, -0.15) is 0 Å². The van der Waals surface area contributed by atoms with Crippen molar-refractivity contribution < 1.29 is 9.53 Å². The molecule has 2 aliphatic rings. The molecular formula is C13H24N2O2. The Bertz CT molecular complexity index is 264. The third kappa shape index (κ3) is 4.28. The van der Waals surface area contributed by atoms with E-state index < -0.39 is 0 Å². The van der Waals surface area contributed by atoms with Gasteiger partial charge in [-0.15, -0.1) is 0 Å². The Balaban J connectivity index is 1.77. The lowest BCUT2D eigenvalue weighted by Gasteiger charge is -2.36. The Hall–Kier alpha value is -0.610. The molecule has 1 saturated heterocycles. The maximum Gasteiger partial charge on any atom is 0.320 e. The number of ether oxygens (including phenoxy) is 1. The fraction of sp³-hybridized carbons (Fsp3) is 0.923. The molecule has 0 aromatic carbocycles. The number of hydrogen-bond donors (Lipinski definition) is 1. The van der Waals surface area contributed by atoms with Crippen molar-refractivity contribution in [1.82, 2.24) is 10.2 Å². The summed E-state index contributed by atoms with van der Waals surface area (Å²) >= 11 is 0. The molecule has 0 aromatic heterocycles. The van der Waals surface area contributed by atoms with Crippen LogP contribution in [0.15, 0.2) is 0 Å². The molecule has 1 N–H and O–H groups in total. The normalized spacial score (nSPS) is 30.2. The first-order chi connectivity index (χ1) is 8.17. The predicted molar refractivity (Wildman–Crippen MR) is 66.8 cm³/mol. The molecule has 0 aromatic rings. The highest BCUT2D eigenvalue weighted by atomic mass is 16.5. The van der Waals surface area contributed by atoms with Gasteiger partial charge < -0.3 is 10.1 Å². The Morgan fingerprint density at radius 1 is 1.35 bits per heavy atom. The first-order valence-electron chi connectivity index (χ1n) is 6.81. The molecule has 2 unspecified atom stereocenters. The number of esters is 1. The number of rotatable bonds is 5. The summed E-state index contributed by atoms with van der Waals surface area (Å²) in [5, 5.41) is 3.66. The van der Waals surface area contributed by atoms with Gasteiger partial charge in [0.25, 0.3) is 0 Å². The molecule has 0 bridgehead atoms. The summed E-state index contributed by atoms with van der Waals surface area (Å²) in [4.78, 5) is 13.7. The minimum absolute atomic E-state index is 0.0910. The van der Waals surface area contributed by atoms with Crippen molar-refractivity contribution in [2.75, 3.05) is 26.2 Å². The number of nitrogens with zero attached hydrogens (tertiary/aromatic N) is 1. The third-order valence-electron chi connectivity index (χ3n) is 3.44. The molecule has 4 nitrogen and oxygen atoms in total. The van der Waals surface area contributed by atoms with E-state index in [-0.39, 0.29) is 5.97 Å². The van der Waals surface area contributed by atoms with E-state index in [0.717, 1.165) is 19.1 Å². The van der Waals surface area contributed by atoms with Crippen LogP contribution in [0.1, 0.15) is 33.1 Å². The van der Waals surface area contributed by atoms with E-state index in [1.807, 2.05) is 6.92 Å². The van der Waals surface area contributed by atoms with Crippen molar-refractivity contribution in [2.45, 2.75) is 45.2 Å². The zero-order chi connectivity index (χ0) is 12.3. The van der Waals surface area contributed by atoms with Crippen molar-refractivity contribution in [3.8, 4) is 0 Å². The molecule has 1 aliphatic heterocycles. The molecule has 17 heavy (non-hydrogen) atoms. The van der Waals surface area contributed by atoms with E-state index in [1.165, 1.54) is 19.3 Å². The van der Waals surface area contributed by atoms with Crippen LogP contribution in [0.2, 0.25) is 0 Å². The van der Waals surface area contributed by atoms with E-state index >= 15 is 0 Å². The summed E-state index contributed by atoms with van der Waals surface area (Å²) in [5.74, 6) is 0.571. The second-order valence-electron chi connectivity index (χ2n) is 5.48. The van der Waals surface area contributed by atoms with Gasteiger partial charge in [-0.3, -0.25) is 9.69 Å². The van der Waals surface area contributed by atoms with Crippen LogP contribution in [0.5, 0.6) is 0 Å². The third-order valence-corrected chi connectivity index (χ3v) is 3.44. The summed E-state index contributed by atoms with van der Waals surface area (Å²) in [6.07, 6.45) is 3.88. The molecule has 2 rings (SSSR count). The first-order valence-corrected chi connectivity index (χ1v) is 6.81. The lowest BCUT2D eigenvalue weighted by atomic mass is 9.96. The van der Waals surface area contributed by atoms with Crippen LogP contribution >= 0.6 is 0 Å². The highest BCUT2D eigenvalue weighted by Crippen LogP contribution is 2.23. The van der Waals surface area contributed by atoms with Crippen LogP contribution in [0.25, 0.3) is 0 Å². The molecule has 1 saturated carbocycles. The topological polar surface area (TPSA) is 41.6 Å². The Labute approximate surface area is 104 Å². The van der Waals surface area contributed by atoms with Gasteiger partial charge in [0.15, 0.2) is 0 Å². The van der Waals surface area contributed by atoms with E-state index in [2.05, 4.69) is 17.1 Å². The van der Waals surface area contributed by atoms with Crippen LogP contribution in [0, 0.1) is 5.92 Å². The van der Waals surface area contributed by atoms with Crippen molar-refractivity contribution in [3.63, 3.8) is 0 Å². The molecular weight excluding hydrogens is 216 g/mol. The lowest BCUT2D eigenvalue weighted by Crippen LogP contribution is -2.50. The van der Waals surface area contributed by atoms with Gasteiger partial charge in [-0.25, -0.2) is 0 Å². The predicted octanol–water partition coefficient (Wildman–Crippen LogP) is 1.01. The zero-order valence-electron chi connectivity index (χ0n) is 10.9. The quantitative estimate of drug-likeness (QED) is 0.728. The van der Waals surface area contributed by atoms with E-state index in [4.69, 9.17) is 4.74 Å². The van der Waals surface area contributed by atoms with Crippen molar-refractivity contribution in [1.29, 1.82) is 0 Å². The number of hydrogen-bond acceptors (Lipinski definition) is 4. The molecule has 0 amide bonds. The fourth-order valence-corrected chi connectivity index (χ4v) is 2.68. The van der Waals surface area contributed by atoms with E-state index in [1.54, 1.807) is 0 Å². The Kier molecular flexibility index (Phi) is 4.40. The minimum Gasteiger partial charge on any atom is -0.465 e. The fourth-order valence-electron chi connectivity index (χ4n) is 2.68. The van der Waals surface area contributed by atoms with Gasteiger partial charge in [0.05, 0.1) is 13.2 Å². The largest absolute Gasteiger partial charge is 0.465 e. The van der Waals surface area contributed by atoms with Gasteiger partial charge in [0.2, 0.25) is 0 Å². The minimum atomic E-state index is -0.0910. The van der Waals surface area contributed by atoms with Crippen LogP contribution in [0.3, 0.4) is 0 Å². The number of carbonyl (C=O) groups excluding carboxylic acids is 1. The second-order valence-corrected chi connectivity index (χ2v) is 5.48. The Morgan fingerprint density at radius 2 is 2.12 bits per heavy atom. The molecule has 0 radical (unpaired) electrons. The maximum atomic E-state index is 11.5. The van der Waals surface area contributed by atoms with Crippen LogP contribution in [-0.2, 0) is 9.53 Å². The highest BCUT2D eigenvalue weighted by Gasteiger charge is 2.30. The van der Waals surface area contributed by atoms with Gasteiger partial charge in [0, 0.05) is 25.2 Å². The highest BCUT2D eigenvalue weighted by molar-refractivity contribution is 5.71. The molecule has 98 valence electrons. The summed E-state index contributed by atoms with van der Waals surface area (Å²) < 4.78 is 5.01. The maximum absolute atomic E-state index is 11.5. The summed E-state index contributed by atoms with van der Waals surface area (Å²) in [6, 6.07) is 1.30. The Morgan fingerprint density at radius 3 is 2.76 bits per heavy atom. The molecule has 2 atom stereocenters. The zero-order valence-corrected chi connectivity index (χ0v) is 10.9. The van der Waals surface area contributed by atoms with Crippen LogP contribution in [-0.4, -0.2) is 49.2 Å². The number of carbonyl (C=O) groups is 1. The van der Waals surface area contributed by atoms with Gasteiger partial charge >= 0.3 is 5.97 Å². The second kappa shape index (κ2) is 5.83. The summed E-state index contributed by atoms with van der Waals surface area (Å²) in [5.41, 5.74) is 0. The number of nitrogens with one attached hydrogen (secondary N) is 1. The number of piperidine rings is 1. The molecule has 1 aliphatic carbocycles. The standard InChI is InChI=1S/C13H24N2O2/c1-3-17-13(16)9-15-7-10(2)6-12(8-15)14-11-4-5-11/h10-12,14H,3-9H2,1-2H3. The van der Waals surface area contributed by atoms with Gasteiger partial charge in [-0.1, -0.05) is 6.92 Å². The average molecular weight is 240 g/mol. The van der Waals surface area contributed by atoms with Crippen molar-refractivity contribution in [3.05, 3.63) is 0 Å². The average Bonchev–Trinajstić information content (AvgIpc) is 3.00. The summed E-state index contributed by atoms with van der Waals surface area (Å²) in [7, 11) is 0. The summed E-state index contributed by atoms with van der Waals surface area (Å²) in [6.45, 7) is 7.04. The van der Waals surface area contributed by atoms with Crippen molar-refractivity contribution in [2.24, 2.45) is 5.92 Å². The van der Waals surface area contributed by atoms with E-state index in [9.17, 15) is 4.79 Å². The van der Waals surface area contributed by atoms with Gasteiger partial charge in [-0.05, 0) is 32.1 Å². The lowest BCUT2D eigenvalue weighted by molar-refractivity contribution is -0.144. The molecule has 1 heterocycles. The van der Waals surface area contributed by atoms with Gasteiger partial charge in [0.1, 0.15) is 0 Å². The number of likely N-dealkylation sites (tertiary alicyclic amines) is 1. The molecule has 2 fully saturated rings. The van der Waals surface area contributed by atoms with Crippen molar-refractivity contribution >= 4 is 5.97 Å². The molecule has 4 heteroatoms. The SMILES string of the molecule is CCOC(=O)CN1CC(C)CC(NC2CC2)C1. The van der Waals surface area contributed by atoms with E-state index in [0.29, 0.717) is 25.1 Å².